The Balaban J connectivity index is 1.98. The Kier molecular flexibility index (Phi) is 4.84. The Morgan fingerprint density at radius 2 is 1.60 bits per heavy atom. The highest BCUT2D eigenvalue weighted by Crippen LogP contribution is 2.20. The molecule has 7 heteroatoms. The summed E-state index contributed by atoms with van der Waals surface area (Å²) in [6.45, 7) is 1.69. The molecule has 0 bridgehead atoms. The van der Waals surface area contributed by atoms with Gasteiger partial charge in [-0.3, -0.25) is 20.4 Å². The van der Waals surface area contributed by atoms with Crippen LogP contribution < -0.4 is 10.9 Å². The quantitative estimate of drug-likeness (QED) is 0.715. The van der Waals surface area contributed by atoms with E-state index in [4.69, 9.17) is 0 Å². The van der Waals surface area contributed by atoms with Crippen LogP contribution in [0.3, 0.4) is 0 Å². The lowest BCUT2D eigenvalue weighted by molar-refractivity contribution is -0.121. The van der Waals surface area contributed by atoms with Gasteiger partial charge in [-0.15, -0.1) is 5.10 Å². The third-order valence-electron chi connectivity index (χ3n) is 3.48. The van der Waals surface area contributed by atoms with Gasteiger partial charge in [0.25, 0.3) is 0 Å². The fourth-order valence-electron chi connectivity index (χ4n) is 2.20. The van der Waals surface area contributed by atoms with Crippen molar-refractivity contribution >= 4 is 11.8 Å². The zero-order valence-corrected chi connectivity index (χ0v) is 13.6. The maximum atomic E-state index is 12.2. The van der Waals surface area contributed by atoms with E-state index >= 15 is 0 Å². The van der Waals surface area contributed by atoms with Gasteiger partial charge in [0.1, 0.15) is 0 Å². The number of carbonyl (C=O) groups excluding carboxylic acids is 2. The number of aromatic nitrogens is 3. The average molecular weight is 335 g/mol. The van der Waals surface area contributed by atoms with Crippen molar-refractivity contribution in [1.82, 2.24) is 25.6 Å². The number of hydrogen-bond acceptors (Lipinski definition) is 4. The summed E-state index contributed by atoms with van der Waals surface area (Å²) >= 11 is 0. The summed E-state index contributed by atoms with van der Waals surface area (Å²) in [5, 5.41) is 4.30. The van der Waals surface area contributed by atoms with Crippen LogP contribution in [0, 0.1) is 0 Å². The van der Waals surface area contributed by atoms with Gasteiger partial charge in [0, 0.05) is 12.0 Å². The van der Waals surface area contributed by atoms with E-state index in [1.807, 2.05) is 60.7 Å². The number of carbonyl (C=O) groups is 2. The second-order valence-electron chi connectivity index (χ2n) is 5.23. The second kappa shape index (κ2) is 7.39. The molecule has 2 amide bonds. The molecule has 0 unspecified atom stereocenters. The Morgan fingerprint density at radius 1 is 0.960 bits per heavy atom. The molecule has 0 fully saturated rings. The highest BCUT2D eigenvalue weighted by Gasteiger charge is 2.18. The van der Waals surface area contributed by atoms with E-state index in [1.165, 1.54) is 0 Å². The topological polar surface area (TPSA) is 88.9 Å². The van der Waals surface area contributed by atoms with E-state index in [0.29, 0.717) is 5.82 Å². The number of benzene rings is 2. The Hall–Kier alpha value is -3.48. The minimum absolute atomic E-state index is 0.0286. The molecule has 0 aliphatic carbocycles. The molecule has 3 rings (SSSR count). The number of rotatable bonds is 4. The predicted octanol–water partition coefficient (Wildman–Crippen LogP) is 2.11. The van der Waals surface area contributed by atoms with Crippen LogP contribution in [0.2, 0.25) is 0 Å². The van der Waals surface area contributed by atoms with Crippen molar-refractivity contribution in [3.63, 3.8) is 0 Å². The molecule has 0 aliphatic heterocycles. The van der Waals surface area contributed by atoms with Crippen molar-refractivity contribution in [1.29, 1.82) is 0 Å². The predicted molar refractivity (Wildman–Crippen MR) is 92.7 cm³/mol. The molecular weight excluding hydrogens is 318 g/mol. The first kappa shape index (κ1) is 16.4. The van der Waals surface area contributed by atoms with Gasteiger partial charge in [0.15, 0.2) is 5.82 Å². The summed E-state index contributed by atoms with van der Waals surface area (Å²) in [7, 11) is 0. The lowest BCUT2D eigenvalue weighted by atomic mass is 10.2. The Morgan fingerprint density at radius 3 is 2.24 bits per heavy atom. The fourth-order valence-corrected chi connectivity index (χ4v) is 2.20. The number of nitrogens with one attached hydrogen (secondary N) is 2. The van der Waals surface area contributed by atoms with Crippen molar-refractivity contribution in [3.05, 3.63) is 66.5 Å². The molecule has 0 saturated carbocycles. The Labute approximate surface area is 144 Å². The first-order chi connectivity index (χ1) is 12.2. The molecular formula is C18H17N5O2. The van der Waals surface area contributed by atoms with Gasteiger partial charge in [-0.05, 0) is 12.1 Å². The van der Waals surface area contributed by atoms with E-state index in [0.717, 1.165) is 11.3 Å². The third kappa shape index (κ3) is 3.72. The van der Waals surface area contributed by atoms with E-state index < -0.39 is 5.91 Å². The van der Waals surface area contributed by atoms with E-state index in [1.54, 1.807) is 11.6 Å². The molecule has 25 heavy (non-hydrogen) atoms. The second-order valence-corrected chi connectivity index (χ2v) is 5.23. The monoisotopic (exact) mass is 335 g/mol. The normalized spacial score (nSPS) is 10.3. The zero-order chi connectivity index (χ0) is 17.6. The van der Waals surface area contributed by atoms with Crippen molar-refractivity contribution in [2.45, 2.75) is 13.3 Å². The molecule has 0 radical (unpaired) electrons. The number of nitrogens with zero attached hydrogens (tertiary/aromatic N) is 3. The van der Waals surface area contributed by atoms with Crippen molar-refractivity contribution in [2.24, 2.45) is 0 Å². The minimum atomic E-state index is -0.575. The highest BCUT2D eigenvalue weighted by molar-refractivity contribution is 5.92. The molecule has 2 aromatic carbocycles. The molecule has 7 nitrogen and oxygen atoms in total. The van der Waals surface area contributed by atoms with Crippen LogP contribution in [0.1, 0.15) is 24.0 Å². The summed E-state index contributed by atoms with van der Waals surface area (Å²) in [6, 6.07) is 18.9. The number of hydrazine groups is 1. The van der Waals surface area contributed by atoms with E-state index in [2.05, 4.69) is 20.9 Å². The summed E-state index contributed by atoms with van der Waals surface area (Å²) < 4.78 is 1.60. The Bertz CT molecular complexity index is 818. The number of hydrogen-bond donors (Lipinski definition) is 2. The lowest BCUT2D eigenvalue weighted by Gasteiger charge is -2.05. The standard InChI is InChI=1S/C18H17N5O2/c1-2-15(24)20-21-18(25)16-19-17(13-9-5-3-6-10-13)23(22-16)14-11-7-4-8-12-14/h3-12H,2H2,1H3,(H,20,24)(H,21,25). The van der Waals surface area contributed by atoms with Crippen molar-refractivity contribution < 1.29 is 9.59 Å². The summed E-state index contributed by atoms with van der Waals surface area (Å²) in [5.41, 5.74) is 6.24. The van der Waals surface area contributed by atoms with Gasteiger partial charge < -0.3 is 0 Å². The maximum absolute atomic E-state index is 12.2. The first-order valence-electron chi connectivity index (χ1n) is 7.86. The van der Waals surface area contributed by atoms with Crippen LogP contribution in [0.5, 0.6) is 0 Å². The van der Waals surface area contributed by atoms with Crippen LogP contribution in [0.4, 0.5) is 0 Å². The molecule has 3 aromatic rings. The van der Waals surface area contributed by atoms with Crippen LogP contribution >= 0.6 is 0 Å². The van der Waals surface area contributed by atoms with E-state index in [9.17, 15) is 9.59 Å². The fraction of sp³-hybridized carbons (Fsp3) is 0.111. The third-order valence-corrected chi connectivity index (χ3v) is 3.48. The number of amides is 2. The van der Waals surface area contributed by atoms with Gasteiger partial charge in [0.2, 0.25) is 11.7 Å². The molecule has 0 atom stereocenters. The van der Waals surface area contributed by atoms with Crippen LogP contribution in [-0.4, -0.2) is 26.6 Å². The minimum Gasteiger partial charge on any atom is -0.273 e. The van der Waals surface area contributed by atoms with E-state index in [-0.39, 0.29) is 18.2 Å². The number of para-hydroxylation sites is 1. The molecule has 0 aliphatic rings. The molecule has 1 aromatic heterocycles. The molecule has 126 valence electrons. The van der Waals surface area contributed by atoms with Crippen LogP contribution in [-0.2, 0) is 4.79 Å². The highest BCUT2D eigenvalue weighted by atomic mass is 16.2. The molecule has 0 saturated heterocycles. The van der Waals surface area contributed by atoms with Gasteiger partial charge in [-0.2, -0.15) is 0 Å². The van der Waals surface area contributed by atoms with Crippen molar-refractivity contribution in [3.8, 4) is 17.1 Å². The van der Waals surface area contributed by atoms with Gasteiger partial charge in [-0.1, -0.05) is 55.5 Å². The molecule has 2 N–H and O–H groups in total. The molecule has 0 spiro atoms. The summed E-state index contributed by atoms with van der Waals surface area (Å²) in [4.78, 5) is 27.9. The summed E-state index contributed by atoms with van der Waals surface area (Å²) in [5.74, 6) is -0.356. The maximum Gasteiger partial charge on any atom is 0.309 e. The molecule has 1 heterocycles. The zero-order valence-electron chi connectivity index (χ0n) is 13.6. The average Bonchev–Trinajstić information content (AvgIpc) is 3.12. The summed E-state index contributed by atoms with van der Waals surface area (Å²) in [6.07, 6.45) is 0.265. The van der Waals surface area contributed by atoms with Gasteiger partial charge in [-0.25, -0.2) is 9.67 Å². The van der Waals surface area contributed by atoms with Gasteiger partial charge >= 0.3 is 5.91 Å². The smallest absolute Gasteiger partial charge is 0.273 e. The van der Waals surface area contributed by atoms with Crippen molar-refractivity contribution in [2.75, 3.05) is 0 Å². The SMILES string of the molecule is CCC(=O)NNC(=O)c1nc(-c2ccccc2)n(-c2ccccc2)n1. The lowest BCUT2D eigenvalue weighted by Crippen LogP contribution is -2.41. The van der Waals surface area contributed by atoms with Crippen LogP contribution in [0.15, 0.2) is 60.7 Å². The largest absolute Gasteiger partial charge is 0.309 e. The van der Waals surface area contributed by atoms with Crippen LogP contribution in [0.25, 0.3) is 17.1 Å². The van der Waals surface area contributed by atoms with Gasteiger partial charge in [0.05, 0.1) is 5.69 Å². The first-order valence-corrected chi connectivity index (χ1v) is 7.86.